The number of rotatable bonds is 6. The maximum absolute atomic E-state index is 11.1. The largest absolute Gasteiger partial charge is 0.507 e. The molecule has 0 bridgehead atoms. The van der Waals surface area contributed by atoms with Crippen molar-refractivity contribution in [2.75, 3.05) is 21.3 Å². The molecule has 0 saturated carbocycles. The number of phenols is 3. The molecule has 0 aliphatic heterocycles. The molecule has 16 nitrogen and oxygen atoms in total. The zero-order chi connectivity index (χ0) is 34.5. The third-order valence-electron chi connectivity index (χ3n) is 4.23. The highest BCUT2D eigenvalue weighted by molar-refractivity contribution is 5.93. The number of carboxylic acids is 1. The first kappa shape index (κ1) is 45.6. The number of hydrogen-bond acceptors (Lipinski definition) is 15. The van der Waals surface area contributed by atoms with E-state index in [1.807, 2.05) is 0 Å². The van der Waals surface area contributed by atoms with Gasteiger partial charge in [0.2, 0.25) is 0 Å². The Labute approximate surface area is 256 Å². The van der Waals surface area contributed by atoms with Crippen LogP contribution in [0.25, 0.3) is 0 Å². The third-order valence-corrected chi connectivity index (χ3v) is 4.23. The van der Waals surface area contributed by atoms with Gasteiger partial charge in [-0.05, 0) is 42.0 Å². The summed E-state index contributed by atoms with van der Waals surface area (Å²) < 4.78 is 13.4. The van der Waals surface area contributed by atoms with Gasteiger partial charge in [-0.15, -0.1) is 0 Å². The van der Waals surface area contributed by atoms with Gasteiger partial charge in [0.25, 0.3) is 6.47 Å². The molecule has 0 aliphatic rings. The number of hydrogen-bond donors (Lipinski definition) is 5. The number of carbonyl (C=O) groups excluding carboxylic acids is 7. The molecule has 3 aromatic carbocycles. The SMILES string of the molecule is C.CO.COC(=O)c1ccc(COC=O)cc1O.COC(=O)c1ccccc1O.O=C(O)c1ccccc1O.O=C=O.O=C=O. The van der Waals surface area contributed by atoms with Crippen LogP contribution in [0.1, 0.15) is 44.1 Å². The normalized spacial score (nSPS) is 7.91. The Bertz CT molecular complexity index is 1360. The van der Waals surface area contributed by atoms with E-state index in [1.54, 1.807) is 30.3 Å². The van der Waals surface area contributed by atoms with E-state index in [0.29, 0.717) is 12.0 Å². The van der Waals surface area contributed by atoms with Crippen molar-refractivity contribution in [1.29, 1.82) is 0 Å². The number of ether oxygens (including phenoxy) is 3. The minimum absolute atomic E-state index is 0. The minimum atomic E-state index is -1.11. The lowest BCUT2D eigenvalue weighted by atomic mass is 10.1. The standard InChI is InChI=1S/C10H10O5.C8H8O3.C7H6O3.2CO2.CH4O.CH4/c1-14-10(13)8-3-2-7(4-9(8)12)5-15-6-11;1-11-8(10)6-4-2-3-5-7(6)9;8-6-4-2-1-3-5(6)7(9)10;2*2-1-3;1-2;/h2-4,6,12H,5H2,1H3;2-5,9H,1H3;1-4,8H,(H,9,10);;;2H,1H3;1H4. The Balaban J connectivity index is -0.000000252. The fraction of sp³-hybridized carbons (Fsp3) is 0.172. The number of aliphatic hydroxyl groups is 1. The Hall–Kier alpha value is -6.34. The van der Waals surface area contributed by atoms with E-state index in [0.717, 1.165) is 7.11 Å². The predicted molar refractivity (Wildman–Crippen MR) is 150 cm³/mol. The van der Waals surface area contributed by atoms with Crippen molar-refractivity contribution in [3.05, 3.63) is 89.0 Å². The van der Waals surface area contributed by atoms with E-state index < -0.39 is 17.9 Å². The number of phenolic OH excluding ortho intramolecular Hbond substituents is 2. The van der Waals surface area contributed by atoms with Crippen LogP contribution in [0, 0.1) is 0 Å². The number of para-hydroxylation sites is 2. The molecule has 0 saturated heterocycles. The smallest absolute Gasteiger partial charge is 0.373 e. The summed E-state index contributed by atoms with van der Waals surface area (Å²) in [6, 6.07) is 16.4. The molecular weight excluding hydrogens is 604 g/mol. The highest BCUT2D eigenvalue weighted by Gasteiger charge is 2.11. The van der Waals surface area contributed by atoms with Crippen LogP contribution in [0.2, 0.25) is 0 Å². The monoisotopic (exact) mass is 636 g/mol. The molecule has 45 heavy (non-hydrogen) atoms. The molecule has 0 heterocycles. The summed E-state index contributed by atoms with van der Waals surface area (Å²) in [5, 5.41) is 42.9. The van der Waals surface area contributed by atoms with Gasteiger partial charge in [-0.1, -0.05) is 37.8 Å². The van der Waals surface area contributed by atoms with E-state index in [-0.39, 0.29) is 60.3 Å². The summed E-state index contributed by atoms with van der Waals surface area (Å²) in [5.41, 5.74) is 0.789. The van der Waals surface area contributed by atoms with Crippen molar-refractivity contribution in [1.82, 2.24) is 0 Å². The predicted octanol–water partition coefficient (Wildman–Crippen LogP) is 2.20. The molecule has 0 aromatic heterocycles. The Morgan fingerprint density at radius 1 is 0.689 bits per heavy atom. The second-order valence-corrected chi connectivity index (χ2v) is 6.75. The lowest BCUT2D eigenvalue weighted by Crippen LogP contribution is -2.02. The highest BCUT2D eigenvalue weighted by atomic mass is 16.5. The molecule has 0 amide bonds. The van der Waals surface area contributed by atoms with Gasteiger partial charge in [0, 0.05) is 7.11 Å². The average molecular weight is 637 g/mol. The van der Waals surface area contributed by atoms with E-state index in [2.05, 4.69) is 14.2 Å². The quantitative estimate of drug-likeness (QED) is 0.147. The van der Waals surface area contributed by atoms with Crippen LogP contribution in [0.3, 0.4) is 0 Å². The second kappa shape index (κ2) is 29.2. The van der Waals surface area contributed by atoms with Crippen LogP contribution in [-0.2, 0) is 44.8 Å². The minimum Gasteiger partial charge on any atom is -0.507 e. The first-order valence-electron chi connectivity index (χ1n) is 11.3. The fourth-order valence-electron chi connectivity index (χ4n) is 2.49. The summed E-state index contributed by atoms with van der Waals surface area (Å²) in [6.07, 6.45) is 0.500. The lowest BCUT2D eigenvalue weighted by Gasteiger charge is -2.04. The van der Waals surface area contributed by atoms with Gasteiger partial charge in [-0.2, -0.15) is 19.2 Å². The highest BCUT2D eigenvalue weighted by Crippen LogP contribution is 2.20. The van der Waals surface area contributed by atoms with Crippen molar-refractivity contribution in [2.45, 2.75) is 14.0 Å². The summed E-state index contributed by atoms with van der Waals surface area (Å²) in [7, 11) is 3.50. The van der Waals surface area contributed by atoms with Crippen molar-refractivity contribution < 1.29 is 78.1 Å². The molecule has 0 unspecified atom stereocenters. The van der Waals surface area contributed by atoms with Gasteiger partial charge in [-0.3, -0.25) is 4.79 Å². The number of methoxy groups -OCH3 is 2. The van der Waals surface area contributed by atoms with Gasteiger partial charge in [0.05, 0.1) is 14.2 Å². The molecule has 0 aliphatic carbocycles. The summed E-state index contributed by atoms with van der Waals surface area (Å²) in [5.74, 6) is -2.71. The van der Waals surface area contributed by atoms with Crippen molar-refractivity contribution in [3.63, 3.8) is 0 Å². The van der Waals surface area contributed by atoms with Crippen LogP contribution in [0.5, 0.6) is 17.2 Å². The van der Waals surface area contributed by atoms with E-state index in [1.165, 1.54) is 50.6 Å². The van der Waals surface area contributed by atoms with Crippen molar-refractivity contribution in [3.8, 4) is 17.2 Å². The molecule has 0 atom stereocenters. The maximum atomic E-state index is 11.1. The Morgan fingerprint density at radius 2 is 1.07 bits per heavy atom. The number of benzene rings is 3. The number of aromatic hydroxyl groups is 3. The molecule has 5 N–H and O–H groups in total. The van der Waals surface area contributed by atoms with Crippen molar-refractivity contribution in [2.24, 2.45) is 0 Å². The molecule has 3 rings (SSSR count). The van der Waals surface area contributed by atoms with Gasteiger partial charge < -0.3 is 39.7 Å². The van der Waals surface area contributed by atoms with Gasteiger partial charge in [0.15, 0.2) is 0 Å². The molecule has 0 radical (unpaired) electrons. The van der Waals surface area contributed by atoms with Crippen LogP contribution in [0.4, 0.5) is 0 Å². The maximum Gasteiger partial charge on any atom is 0.373 e. The molecule has 0 fully saturated rings. The molecule has 16 heteroatoms. The van der Waals surface area contributed by atoms with Crippen LogP contribution >= 0.6 is 0 Å². The summed E-state index contributed by atoms with van der Waals surface area (Å²) in [4.78, 5) is 74.6. The number of esters is 2. The van der Waals surface area contributed by atoms with Crippen LogP contribution in [0.15, 0.2) is 66.7 Å². The first-order valence-corrected chi connectivity index (χ1v) is 11.3. The topological polar surface area (TPSA) is 265 Å². The molecular formula is C29H32O16. The third kappa shape index (κ3) is 20.2. The first-order chi connectivity index (χ1) is 21.0. The molecule has 0 spiro atoms. The zero-order valence-corrected chi connectivity index (χ0v) is 23.4. The number of carboxylic acid groups (broad SMARTS) is 1. The lowest BCUT2D eigenvalue weighted by molar-refractivity contribution is -0.193. The Kier molecular flexibility index (Phi) is 29.6. The van der Waals surface area contributed by atoms with Crippen LogP contribution in [-0.4, -0.2) is 83.5 Å². The fourth-order valence-corrected chi connectivity index (χ4v) is 2.49. The zero-order valence-electron chi connectivity index (χ0n) is 23.4. The van der Waals surface area contributed by atoms with Crippen molar-refractivity contribution >= 4 is 36.7 Å². The van der Waals surface area contributed by atoms with Crippen LogP contribution < -0.4 is 0 Å². The van der Waals surface area contributed by atoms with E-state index in [9.17, 15) is 24.3 Å². The van der Waals surface area contributed by atoms with E-state index in [4.69, 9.17) is 39.6 Å². The summed E-state index contributed by atoms with van der Waals surface area (Å²) >= 11 is 0. The molecule has 244 valence electrons. The van der Waals surface area contributed by atoms with E-state index >= 15 is 0 Å². The molecule has 3 aromatic rings. The number of carbonyl (C=O) groups is 4. The van der Waals surface area contributed by atoms with Gasteiger partial charge >= 0.3 is 30.2 Å². The van der Waals surface area contributed by atoms with Gasteiger partial charge in [0.1, 0.15) is 40.5 Å². The van der Waals surface area contributed by atoms with Gasteiger partial charge in [-0.25, -0.2) is 14.4 Å². The second-order valence-electron chi connectivity index (χ2n) is 6.75. The average Bonchev–Trinajstić information content (AvgIpc) is 3.02. The number of aromatic carboxylic acids is 1. The summed E-state index contributed by atoms with van der Waals surface area (Å²) in [6.45, 7) is 0.365. The Morgan fingerprint density at radius 3 is 1.38 bits per heavy atom. The number of aliphatic hydroxyl groups excluding tert-OH is 1.